The predicted molar refractivity (Wildman–Crippen MR) is 139 cm³/mol. The fraction of sp³-hybridized carbons (Fsp3) is 0.393. The number of nitrogens with one attached hydrogen (secondary N) is 1. The van der Waals surface area contributed by atoms with Gasteiger partial charge in [-0.2, -0.15) is 5.10 Å². The number of nitrogens with zero attached hydrogens (tertiary/aromatic N) is 4. The molecule has 2 fully saturated rings. The number of rotatable bonds is 9. The second-order valence-electron chi connectivity index (χ2n) is 9.80. The van der Waals surface area contributed by atoms with Gasteiger partial charge in [0.05, 0.1) is 24.0 Å². The summed E-state index contributed by atoms with van der Waals surface area (Å²) in [5.41, 5.74) is 7.17. The SMILES string of the molecule is NC(=O)C(=O)C(Cc1ccccc1)NC(=O)c1cccnc1-n1ccc(CN2CCO[C@H]3CCCC[C@@H]32)n1. The lowest BCUT2D eigenvalue weighted by Gasteiger charge is -2.43. The van der Waals surface area contributed by atoms with E-state index in [1.165, 1.54) is 12.8 Å². The van der Waals surface area contributed by atoms with Crippen LogP contribution in [0.4, 0.5) is 0 Å². The number of benzene rings is 1. The molecule has 0 radical (unpaired) electrons. The average molecular weight is 517 g/mol. The molecule has 1 aromatic carbocycles. The summed E-state index contributed by atoms with van der Waals surface area (Å²) < 4.78 is 7.57. The van der Waals surface area contributed by atoms with Crippen molar-refractivity contribution in [2.75, 3.05) is 13.2 Å². The first-order valence-electron chi connectivity index (χ1n) is 13.0. The van der Waals surface area contributed by atoms with Crippen LogP contribution in [0.5, 0.6) is 0 Å². The highest BCUT2D eigenvalue weighted by molar-refractivity contribution is 6.38. The molecule has 3 atom stereocenters. The van der Waals surface area contributed by atoms with E-state index in [9.17, 15) is 14.4 Å². The minimum absolute atomic E-state index is 0.136. The third-order valence-electron chi connectivity index (χ3n) is 7.25. The Labute approximate surface area is 221 Å². The Morgan fingerprint density at radius 1 is 1.08 bits per heavy atom. The zero-order valence-electron chi connectivity index (χ0n) is 21.2. The molecule has 3 N–H and O–H groups in total. The molecule has 10 nitrogen and oxygen atoms in total. The van der Waals surface area contributed by atoms with E-state index in [0.29, 0.717) is 18.4 Å². The highest BCUT2D eigenvalue weighted by Crippen LogP contribution is 2.29. The van der Waals surface area contributed by atoms with Gasteiger partial charge in [-0.15, -0.1) is 0 Å². The van der Waals surface area contributed by atoms with E-state index in [4.69, 9.17) is 15.6 Å². The van der Waals surface area contributed by atoms with Crippen LogP contribution in [0.15, 0.2) is 60.9 Å². The number of carbonyl (C=O) groups is 3. The summed E-state index contributed by atoms with van der Waals surface area (Å²) in [6.07, 6.45) is 8.45. The molecule has 2 aromatic heterocycles. The molecule has 0 bridgehead atoms. The molecule has 10 heteroatoms. The molecule has 1 aliphatic carbocycles. The van der Waals surface area contributed by atoms with Gasteiger partial charge in [0.1, 0.15) is 6.04 Å². The number of ether oxygens (including phenoxy) is 1. The van der Waals surface area contributed by atoms with E-state index in [1.54, 1.807) is 29.2 Å². The normalized spacial score (nSPS) is 20.3. The number of ketones is 1. The standard InChI is InChI=1S/C28H32N6O4/c29-26(36)25(35)22(17-19-7-2-1-3-8-19)31-28(37)21-9-6-13-30-27(21)34-14-12-20(32-34)18-33-15-16-38-24-11-5-4-10-23(24)33/h1-3,6-9,12-14,22-24H,4-5,10-11,15-18H2,(H2,29,36)(H,31,37)/t22?,23-,24-/m0/s1. The van der Waals surface area contributed by atoms with Crippen LogP contribution in [0.3, 0.4) is 0 Å². The summed E-state index contributed by atoms with van der Waals surface area (Å²) in [5, 5.41) is 7.40. The van der Waals surface area contributed by atoms with Crippen LogP contribution in [0, 0.1) is 0 Å². The molecule has 0 spiro atoms. The first-order valence-corrected chi connectivity index (χ1v) is 13.0. The molecule has 5 rings (SSSR count). The number of pyridine rings is 1. The van der Waals surface area contributed by atoms with Gasteiger partial charge < -0.3 is 15.8 Å². The Kier molecular flexibility index (Phi) is 7.90. The highest BCUT2D eigenvalue weighted by atomic mass is 16.5. The first kappa shape index (κ1) is 25.7. The number of morpholine rings is 1. The Balaban J connectivity index is 1.33. The van der Waals surface area contributed by atoms with Gasteiger partial charge in [-0.25, -0.2) is 9.67 Å². The van der Waals surface area contributed by atoms with Crippen LogP contribution in [-0.4, -0.2) is 68.6 Å². The molecule has 3 heterocycles. The molecular weight excluding hydrogens is 484 g/mol. The molecule has 38 heavy (non-hydrogen) atoms. The van der Waals surface area contributed by atoms with Gasteiger partial charge in [0.15, 0.2) is 5.82 Å². The van der Waals surface area contributed by atoms with Crippen LogP contribution < -0.4 is 11.1 Å². The lowest BCUT2D eigenvalue weighted by Crippen LogP contribution is -2.52. The molecule has 1 saturated carbocycles. The number of aromatic nitrogens is 3. The summed E-state index contributed by atoms with van der Waals surface area (Å²) in [6, 6.07) is 13.6. The number of nitrogens with two attached hydrogens (primary N) is 1. The van der Waals surface area contributed by atoms with Crippen molar-refractivity contribution in [2.45, 2.75) is 56.8 Å². The summed E-state index contributed by atoms with van der Waals surface area (Å²) in [5.74, 6) is -2.17. The quantitative estimate of drug-likeness (QED) is 0.415. The molecular formula is C28H32N6O4. The Bertz CT molecular complexity index is 1290. The Morgan fingerprint density at radius 2 is 1.89 bits per heavy atom. The van der Waals surface area contributed by atoms with Crippen LogP contribution in [-0.2, 0) is 27.3 Å². The first-order chi connectivity index (χ1) is 18.5. The minimum Gasteiger partial charge on any atom is -0.375 e. The molecule has 1 aliphatic heterocycles. The van der Waals surface area contributed by atoms with Crippen molar-refractivity contribution in [3.63, 3.8) is 0 Å². The van der Waals surface area contributed by atoms with Crippen molar-refractivity contribution in [1.82, 2.24) is 25.0 Å². The van der Waals surface area contributed by atoms with Gasteiger partial charge >= 0.3 is 0 Å². The van der Waals surface area contributed by atoms with Crippen molar-refractivity contribution < 1.29 is 19.1 Å². The Hall–Kier alpha value is -3.89. The number of fused-ring (bicyclic) bond motifs is 1. The van der Waals surface area contributed by atoms with E-state index >= 15 is 0 Å². The number of primary amides is 1. The van der Waals surface area contributed by atoms with Crippen molar-refractivity contribution in [2.24, 2.45) is 5.73 Å². The third-order valence-corrected chi connectivity index (χ3v) is 7.25. The van der Waals surface area contributed by atoms with Crippen LogP contribution in [0.25, 0.3) is 5.82 Å². The van der Waals surface area contributed by atoms with Gasteiger partial charge in [0, 0.05) is 37.9 Å². The van der Waals surface area contributed by atoms with Crippen molar-refractivity contribution in [3.05, 3.63) is 77.7 Å². The second kappa shape index (κ2) is 11.7. The monoisotopic (exact) mass is 516 g/mol. The van der Waals surface area contributed by atoms with Crippen molar-refractivity contribution in [1.29, 1.82) is 0 Å². The van der Waals surface area contributed by atoms with E-state index < -0.39 is 23.6 Å². The summed E-state index contributed by atoms with van der Waals surface area (Å²) >= 11 is 0. The Morgan fingerprint density at radius 3 is 2.71 bits per heavy atom. The number of Topliss-reactive ketones (excluding diaryl/α,β-unsaturated/α-hetero) is 1. The number of hydrogen-bond donors (Lipinski definition) is 2. The summed E-state index contributed by atoms with van der Waals surface area (Å²) in [6.45, 7) is 2.28. The molecule has 3 aromatic rings. The molecule has 2 aliphatic rings. The van der Waals surface area contributed by atoms with Gasteiger partial charge in [-0.1, -0.05) is 43.2 Å². The maximum absolute atomic E-state index is 13.3. The van der Waals surface area contributed by atoms with Gasteiger partial charge in [-0.05, 0) is 36.6 Å². The minimum atomic E-state index is -1.10. The lowest BCUT2D eigenvalue weighted by molar-refractivity contribution is -0.137. The number of carbonyl (C=O) groups excluding carboxylic acids is 3. The fourth-order valence-corrected chi connectivity index (χ4v) is 5.37. The highest BCUT2D eigenvalue weighted by Gasteiger charge is 2.34. The van der Waals surface area contributed by atoms with Gasteiger partial charge in [0.25, 0.3) is 11.8 Å². The van der Waals surface area contributed by atoms with E-state index in [-0.39, 0.29) is 18.1 Å². The van der Waals surface area contributed by atoms with Crippen molar-refractivity contribution in [3.8, 4) is 5.82 Å². The topological polar surface area (TPSA) is 132 Å². The molecule has 1 saturated heterocycles. The molecule has 2 amide bonds. The van der Waals surface area contributed by atoms with E-state index in [2.05, 4.69) is 15.2 Å². The predicted octanol–water partition coefficient (Wildman–Crippen LogP) is 1.81. The smallest absolute Gasteiger partial charge is 0.287 e. The average Bonchev–Trinajstić information content (AvgIpc) is 3.41. The number of hydrogen-bond acceptors (Lipinski definition) is 7. The van der Waals surface area contributed by atoms with Crippen molar-refractivity contribution >= 4 is 17.6 Å². The van der Waals surface area contributed by atoms with Crippen LogP contribution in [0.2, 0.25) is 0 Å². The lowest BCUT2D eigenvalue weighted by atomic mass is 9.90. The largest absolute Gasteiger partial charge is 0.375 e. The summed E-state index contributed by atoms with van der Waals surface area (Å²) in [4.78, 5) is 44.4. The van der Waals surface area contributed by atoms with Gasteiger partial charge in [-0.3, -0.25) is 19.3 Å². The van der Waals surface area contributed by atoms with Crippen LogP contribution >= 0.6 is 0 Å². The molecule has 198 valence electrons. The zero-order chi connectivity index (χ0) is 26.5. The maximum Gasteiger partial charge on any atom is 0.287 e. The second-order valence-corrected chi connectivity index (χ2v) is 9.80. The van der Waals surface area contributed by atoms with E-state index in [0.717, 1.165) is 37.3 Å². The summed E-state index contributed by atoms with van der Waals surface area (Å²) in [7, 11) is 0. The third kappa shape index (κ3) is 5.81. The fourth-order valence-electron chi connectivity index (χ4n) is 5.37. The van der Waals surface area contributed by atoms with Crippen LogP contribution in [0.1, 0.15) is 47.3 Å². The van der Waals surface area contributed by atoms with E-state index in [1.807, 2.05) is 36.4 Å². The maximum atomic E-state index is 13.3. The molecule has 1 unspecified atom stereocenters. The van der Waals surface area contributed by atoms with Gasteiger partial charge in [0.2, 0.25) is 5.78 Å². The zero-order valence-corrected chi connectivity index (χ0v) is 21.2. The number of amides is 2.